The van der Waals surface area contributed by atoms with Crippen LogP contribution in [0.2, 0.25) is 0 Å². The SMILES string of the molecule is COc1ccc(NC(=O)CN2CCN(c3cccc(=O)[nH]3)CC2)cc1. The fourth-order valence-corrected chi connectivity index (χ4v) is 2.85. The van der Waals surface area contributed by atoms with Crippen molar-refractivity contribution in [3.63, 3.8) is 0 Å². The first kappa shape index (κ1) is 17.0. The Morgan fingerprint density at radius 3 is 2.48 bits per heavy atom. The summed E-state index contributed by atoms with van der Waals surface area (Å²) in [5.74, 6) is 1.55. The highest BCUT2D eigenvalue weighted by molar-refractivity contribution is 5.92. The molecule has 0 atom stereocenters. The van der Waals surface area contributed by atoms with Gasteiger partial charge in [0.15, 0.2) is 0 Å². The molecular formula is C18H22N4O3. The van der Waals surface area contributed by atoms with Crippen molar-refractivity contribution in [1.29, 1.82) is 0 Å². The molecule has 1 fully saturated rings. The number of hydrogen-bond acceptors (Lipinski definition) is 5. The van der Waals surface area contributed by atoms with E-state index in [1.165, 1.54) is 6.07 Å². The minimum Gasteiger partial charge on any atom is -0.497 e. The summed E-state index contributed by atoms with van der Waals surface area (Å²) in [5, 5.41) is 2.89. The van der Waals surface area contributed by atoms with Crippen LogP contribution >= 0.6 is 0 Å². The second-order valence-corrected chi connectivity index (χ2v) is 5.94. The number of rotatable bonds is 5. The molecule has 1 aromatic heterocycles. The summed E-state index contributed by atoms with van der Waals surface area (Å²) >= 11 is 0. The van der Waals surface area contributed by atoms with Crippen molar-refractivity contribution in [2.24, 2.45) is 0 Å². The highest BCUT2D eigenvalue weighted by atomic mass is 16.5. The number of amides is 1. The Bertz CT molecular complexity index is 764. The van der Waals surface area contributed by atoms with Crippen LogP contribution in [0.15, 0.2) is 47.3 Å². The van der Waals surface area contributed by atoms with Crippen molar-refractivity contribution >= 4 is 17.4 Å². The van der Waals surface area contributed by atoms with Crippen molar-refractivity contribution in [3.05, 3.63) is 52.8 Å². The van der Waals surface area contributed by atoms with E-state index in [0.29, 0.717) is 6.54 Å². The molecule has 2 aromatic rings. The van der Waals surface area contributed by atoms with Crippen molar-refractivity contribution in [3.8, 4) is 5.75 Å². The molecule has 1 aliphatic rings. The van der Waals surface area contributed by atoms with Crippen LogP contribution in [0.1, 0.15) is 0 Å². The molecule has 2 N–H and O–H groups in total. The van der Waals surface area contributed by atoms with Gasteiger partial charge in [-0.05, 0) is 30.3 Å². The number of carbonyl (C=O) groups excluding carboxylic acids is 1. The van der Waals surface area contributed by atoms with Crippen LogP contribution in [-0.4, -0.2) is 55.6 Å². The maximum absolute atomic E-state index is 12.2. The third-order valence-electron chi connectivity index (χ3n) is 4.21. The molecule has 0 radical (unpaired) electrons. The summed E-state index contributed by atoms with van der Waals surface area (Å²) in [6.07, 6.45) is 0. The number of nitrogens with one attached hydrogen (secondary N) is 2. The molecule has 0 unspecified atom stereocenters. The van der Waals surface area contributed by atoms with Crippen LogP contribution in [0.3, 0.4) is 0 Å². The fraction of sp³-hybridized carbons (Fsp3) is 0.333. The fourth-order valence-electron chi connectivity index (χ4n) is 2.85. The Morgan fingerprint density at radius 2 is 1.84 bits per heavy atom. The minimum absolute atomic E-state index is 0.0354. The lowest BCUT2D eigenvalue weighted by Gasteiger charge is -2.35. The van der Waals surface area contributed by atoms with Gasteiger partial charge in [0.25, 0.3) is 0 Å². The average Bonchev–Trinajstić information content (AvgIpc) is 2.63. The Labute approximate surface area is 146 Å². The molecular weight excluding hydrogens is 320 g/mol. The van der Waals surface area contributed by atoms with Crippen LogP contribution in [0.4, 0.5) is 11.5 Å². The number of aromatic amines is 1. The zero-order valence-electron chi connectivity index (χ0n) is 14.2. The third-order valence-corrected chi connectivity index (χ3v) is 4.21. The summed E-state index contributed by atoms with van der Waals surface area (Å²) in [4.78, 5) is 30.7. The summed E-state index contributed by atoms with van der Waals surface area (Å²) in [6, 6.07) is 12.4. The van der Waals surface area contributed by atoms with E-state index in [-0.39, 0.29) is 11.5 Å². The largest absolute Gasteiger partial charge is 0.497 e. The Hall–Kier alpha value is -2.80. The van der Waals surface area contributed by atoms with Crippen LogP contribution in [0.25, 0.3) is 0 Å². The number of nitrogens with zero attached hydrogens (tertiary/aromatic N) is 2. The Kier molecular flexibility index (Phi) is 5.35. The number of hydrogen-bond donors (Lipinski definition) is 2. The molecule has 25 heavy (non-hydrogen) atoms. The lowest BCUT2D eigenvalue weighted by Crippen LogP contribution is -2.49. The average molecular weight is 342 g/mol. The standard InChI is InChI=1S/C18H22N4O3/c1-25-15-7-5-14(6-8-15)19-18(24)13-21-9-11-22(12-10-21)16-3-2-4-17(23)20-16/h2-8H,9-13H2,1H3,(H,19,24)(H,20,23). The van der Waals surface area contributed by atoms with E-state index in [4.69, 9.17) is 4.74 Å². The molecule has 0 aliphatic carbocycles. The molecule has 2 heterocycles. The highest BCUT2D eigenvalue weighted by Gasteiger charge is 2.19. The smallest absolute Gasteiger partial charge is 0.249 e. The monoisotopic (exact) mass is 342 g/mol. The Balaban J connectivity index is 1.48. The predicted molar refractivity (Wildman–Crippen MR) is 97.3 cm³/mol. The van der Waals surface area contributed by atoms with E-state index in [9.17, 15) is 9.59 Å². The van der Waals surface area contributed by atoms with E-state index < -0.39 is 0 Å². The molecule has 0 bridgehead atoms. The molecule has 7 nitrogen and oxygen atoms in total. The van der Waals surface area contributed by atoms with Crippen LogP contribution in [-0.2, 0) is 4.79 Å². The van der Waals surface area contributed by atoms with Gasteiger partial charge >= 0.3 is 0 Å². The van der Waals surface area contributed by atoms with Gasteiger partial charge in [0.1, 0.15) is 11.6 Å². The van der Waals surface area contributed by atoms with Gasteiger partial charge < -0.3 is 19.9 Å². The van der Waals surface area contributed by atoms with Crippen LogP contribution < -0.4 is 20.5 Å². The van der Waals surface area contributed by atoms with Gasteiger partial charge in [-0.25, -0.2) is 0 Å². The first-order valence-corrected chi connectivity index (χ1v) is 8.24. The van der Waals surface area contributed by atoms with Gasteiger partial charge in [-0.1, -0.05) is 6.07 Å². The zero-order valence-corrected chi connectivity index (χ0v) is 14.2. The van der Waals surface area contributed by atoms with E-state index in [0.717, 1.165) is 43.4 Å². The lowest BCUT2D eigenvalue weighted by molar-refractivity contribution is -0.117. The van der Waals surface area contributed by atoms with E-state index in [2.05, 4.69) is 20.1 Å². The maximum Gasteiger partial charge on any atom is 0.249 e. The van der Waals surface area contributed by atoms with Gasteiger partial charge in [0, 0.05) is 37.9 Å². The molecule has 132 valence electrons. The van der Waals surface area contributed by atoms with Gasteiger partial charge in [0.05, 0.1) is 13.7 Å². The predicted octanol–water partition coefficient (Wildman–Crippen LogP) is 1.14. The highest BCUT2D eigenvalue weighted by Crippen LogP contribution is 2.15. The van der Waals surface area contributed by atoms with E-state index in [1.54, 1.807) is 13.2 Å². The van der Waals surface area contributed by atoms with Crippen molar-refractivity contribution in [2.75, 3.05) is 50.1 Å². The molecule has 1 aromatic carbocycles. The zero-order chi connectivity index (χ0) is 17.6. The molecule has 1 aliphatic heterocycles. The number of carbonyl (C=O) groups is 1. The molecule has 7 heteroatoms. The van der Waals surface area contributed by atoms with Gasteiger partial charge in [-0.15, -0.1) is 0 Å². The third kappa shape index (κ3) is 4.60. The molecule has 1 saturated heterocycles. The number of piperazine rings is 1. The normalized spacial score (nSPS) is 15.0. The maximum atomic E-state index is 12.2. The van der Waals surface area contributed by atoms with Gasteiger partial charge in [0.2, 0.25) is 11.5 Å². The topological polar surface area (TPSA) is 77.7 Å². The van der Waals surface area contributed by atoms with E-state index in [1.807, 2.05) is 30.3 Å². The first-order valence-electron chi connectivity index (χ1n) is 8.24. The van der Waals surface area contributed by atoms with Crippen LogP contribution in [0.5, 0.6) is 5.75 Å². The summed E-state index contributed by atoms with van der Waals surface area (Å²) in [5.41, 5.74) is 0.657. The molecule has 1 amide bonds. The summed E-state index contributed by atoms with van der Waals surface area (Å²) in [6.45, 7) is 3.44. The first-order chi connectivity index (χ1) is 12.1. The molecule has 0 spiro atoms. The number of methoxy groups -OCH3 is 1. The Morgan fingerprint density at radius 1 is 1.12 bits per heavy atom. The summed E-state index contributed by atoms with van der Waals surface area (Å²) < 4.78 is 5.10. The van der Waals surface area contributed by atoms with Crippen LogP contribution in [0, 0.1) is 0 Å². The second kappa shape index (κ2) is 7.85. The van der Waals surface area contributed by atoms with E-state index >= 15 is 0 Å². The molecule has 0 saturated carbocycles. The van der Waals surface area contributed by atoms with Gasteiger partial charge in [-0.3, -0.25) is 14.5 Å². The number of aromatic nitrogens is 1. The lowest BCUT2D eigenvalue weighted by atomic mass is 10.2. The number of H-pyrrole nitrogens is 1. The minimum atomic E-state index is -0.0983. The number of pyridine rings is 1. The van der Waals surface area contributed by atoms with Gasteiger partial charge in [-0.2, -0.15) is 0 Å². The quantitative estimate of drug-likeness (QED) is 0.852. The summed E-state index contributed by atoms with van der Waals surface area (Å²) in [7, 11) is 1.61. The number of benzene rings is 1. The molecule has 3 rings (SSSR count). The number of ether oxygens (including phenoxy) is 1. The van der Waals surface area contributed by atoms with Crippen molar-refractivity contribution < 1.29 is 9.53 Å². The van der Waals surface area contributed by atoms with Crippen molar-refractivity contribution in [1.82, 2.24) is 9.88 Å². The number of anilines is 2. The second-order valence-electron chi connectivity index (χ2n) is 5.94. The van der Waals surface area contributed by atoms with Crippen molar-refractivity contribution in [2.45, 2.75) is 0 Å².